The van der Waals surface area contributed by atoms with E-state index in [-0.39, 0.29) is 22.4 Å². The molecule has 0 radical (unpaired) electrons. The van der Waals surface area contributed by atoms with E-state index in [2.05, 4.69) is 6.92 Å². The fraction of sp³-hybridized carbons (Fsp3) is 0.385. The van der Waals surface area contributed by atoms with Crippen LogP contribution < -0.4 is 0 Å². The fourth-order valence-electron chi connectivity index (χ4n) is 4.89. The van der Waals surface area contributed by atoms with Crippen LogP contribution in [-0.2, 0) is 0 Å². The Kier molecular flexibility index (Phi) is 6.22. The SMILES string of the molecule is CCCCC1CCC(c2cc(F)c(-c3cc(F)c4c(F)c(O)ccc4c3)c(F)c2)CC1. The second-order valence-electron chi connectivity index (χ2n) is 8.67. The summed E-state index contributed by atoms with van der Waals surface area (Å²) in [6.45, 7) is 2.18. The van der Waals surface area contributed by atoms with Crippen LogP contribution in [0.2, 0.25) is 0 Å². The lowest BCUT2D eigenvalue weighted by Gasteiger charge is -2.29. The molecule has 5 heteroatoms. The molecule has 0 spiro atoms. The smallest absolute Gasteiger partial charge is 0.175 e. The lowest BCUT2D eigenvalue weighted by Crippen LogP contribution is -2.14. The minimum Gasteiger partial charge on any atom is -0.505 e. The van der Waals surface area contributed by atoms with Gasteiger partial charge in [-0.2, -0.15) is 0 Å². The summed E-state index contributed by atoms with van der Waals surface area (Å²) in [7, 11) is 0. The molecule has 3 aromatic rings. The van der Waals surface area contributed by atoms with Crippen molar-refractivity contribution in [3.05, 3.63) is 65.2 Å². The summed E-state index contributed by atoms with van der Waals surface area (Å²) in [6.07, 6.45) is 7.60. The van der Waals surface area contributed by atoms with Crippen molar-refractivity contribution in [1.82, 2.24) is 0 Å². The summed E-state index contributed by atoms with van der Waals surface area (Å²) in [6, 6.07) is 7.37. The predicted octanol–water partition coefficient (Wildman–Crippen LogP) is 8.23. The zero-order valence-electron chi connectivity index (χ0n) is 17.5. The van der Waals surface area contributed by atoms with Crippen LogP contribution >= 0.6 is 0 Å². The van der Waals surface area contributed by atoms with Crippen LogP contribution in [0.1, 0.15) is 63.4 Å². The summed E-state index contributed by atoms with van der Waals surface area (Å²) < 4.78 is 58.6. The third-order valence-corrected chi connectivity index (χ3v) is 6.62. The molecular formula is C26H26F4O. The molecule has 1 nitrogen and oxygen atoms in total. The first-order valence-corrected chi connectivity index (χ1v) is 11.0. The van der Waals surface area contributed by atoms with Crippen molar-refractivity contribution in [3.63, 3.8) is 0 Å². The van der Waals surface area contributed by atoms with Crippen LogP contribution in [0.5, 0.6) is 5.75 Å². The van der Waals surface area contributed by atoms with Crippen molar-refractivity contribution in [2.45, 2.75) is 57.8 Å². The number of rotatable bonds is 5. The maximum absolute atomic E-state index is 15.0. The molecular weight excluding hydrogens is 404 g/mol. The van der Waals surface area contributed by atoms with Crippen molar-refractivity contribution in [2.24, 2.45) is 5.92 Å². The van der Waals surface area contributed by atoms with Crippen LogP contribution in [0.25, 0.3) is 21.9 Å². The van der Waals surface area contributed by atoms with Crippen molar-refractivity contribution >= 4 is 10.8 Å². The minimum atomic E-state index is -1.09. The highest BCUT2D eigenvalue weighted by Crippen LogP contribution is 2.40. The number of phenolic OH excluding ortho intramolecular Hbond substituents is 1. The van der Waals surface area contributed by atoms with Gasteiger partial charge in [-0.1, -0.05) is 32.3 Å². The van der Waals surface area contributed by atoms with Crippen LogP contribution in [0, 0.1) is 29.2 Å². The Morgan fingerprint density at radius 1 is 0.871 bits per heavy atom. The molecule has 1 N–H and O–H groups in total. The lowest BCUT2D eigenvalue weighted by molar-refractivity contribution is 0.303. The molecule has 1 aliphatic rings. The first kappa shape index (κ1) is 21.7. The van der Waals surface area contributed by atoms with Gasteiger partial charge < -0.3 is 5.11 Å². The summed E-state index contributed by atoms with van der Waals surface area (Å²) >= 11 is 0. The first-order chi connectivity index (χ1) is 14.9. The van der Waals surface area contributed by atoms with E-state index in [9.17, 15) is 22.7 Å². The number of phenols is 1. The molecule has 0 saturated heterocycles. The van der Waals surface area contributed by atoms with Gasteiger partial charge in [0.25, 0.3) is 0 Å². The Hall–Kier alpha value is -2.56. The number of unbranched alkanes of at least 4 members (excludes halogenated alkanes) is 1. The van der Waals surface area contributed by atoms with Crippen molar-refractivity contribution in [3.8, 4) is 16.9 Å². The first-order valence-electron chi connectivity index (χ1n) is 11.0. The normalized spacial score (nSPS) is 19.1. The molecule has 0 aromatic heterocycles. The summed E-state index contributed by atoms with van der Waals surface area (Å²) in [4.78, 5) is 0. The van der Waals surface area contributed by atoms with Gasteiger partial charge >= 0.3 is 0 Å². The van der Waals surface area contributed by atoms with Crippen LogP contribution in [0.15, 0.2) is 36.4 Å². The van der Waals surface area contributed by atoms with Gasteiger partial charge in [-0.15, -0.1) is 0 Å². The zero-order chi connectivity index (χ0) is 22.1. The molecule has 4 rings (SSSR count). The van der Waals surface area contributed by atoms with E-state index < -0.39 is 34.4 Å². The molecule has 31 heavy (non-hydrogen) atoms. The van der Waals surface area contributed by atoms with Crippen molar-refractivity contribution < 1.29 is 22.7 Å². The number of fused-ring (bicyclic) bond motifs is 1. The van der Waals surface area contributed by atoms with Crippen LogP contribution in [-0.4, -0.2) is 5.11 Å². The third-order valence-electron chi connectivity index (χ3n) is 6.62. The molecule has 0 unspecified atom stereocenters. The zero-order valence-corrected chi connectivity index (χ0v) is 17.5. The number of hydrogen-bond acceptors (Lipinski definition) is 1. The van der Waals surface area contributed by atoms with Gasteiger partial charge in [-0.05, 0) is 84.4 Å². The van der Waals surface area contributed by atoms with Crippen molar-refractivity contribution in [1.29, 1.82) is 0 Å². The van der Waals surface area contributed by atoms with E-state index in [0.717, 1.165) is 37.8 Å². The van der Waals surface area contributed by atoms with Gasteiger partial charge in [0.05, 0.1) is 10.9 Å². The molecule has 1 aliphatic carbocycles. The summed E-state index contributed by atoms with van der Waals surface area (Å²) in [5.41, 5.74) is 0.319. The van der Waals surface area contributed by atoms with Gasteiger partial charge in [0.15, 0.2) is 11.6 Å². The van der Waals surface area contributed by atoms with Gasteiger partial charge in [0, 0.05) is 0 Å². The maximum Gasteiger partial charge on any atom is 0.175 e. The Labute approximate surface area is 179 Å². The lowest BCUT2D eigenvalue weighted by atomic mass is 9.77. The van der Waals surface area contributed by atoms with E-state index in [0.29, 0.717) is 11.5 Å². The van der Waals surface area contributed by atoms with E-state index in [1.807, 2.05) is 0 Å². The average Bonchev–Trinajstić information content (AvgIpc) is 2.74. The van der Waals surface area contributed by atoms with Gasteiger partial charge in [0.1, 0.15) is 17.5 Å². The second kappa shape index (κ2) is 8.89. The largest absolute Gasteiger partial charge is 0.505 e. The molecule has 3 aromatic carbocycles. The molecule has 164 valence electrons. The molecule has 0 heterocycles. The average molecular weight is 430 g/mol. The standard InChI is InChI=1S/C26H26F4O/c1-2-3-4-15-5-7-16(8-6-15)18-12-20(27)24(21(28)13-18)19-11-17-9-10-23(31)26(30)25(17)22(29)14-19/h9-16,31H,2-8H2,1H3. The third kappa shape index (κ3) is 4.28. The Morgan fingerprint density at radius 3 is 2.19 bits per heavy atom. The molecule has 0 bridgehead atoms. The molecule has 0 amide bonds. The maximum atomic E-state index is 15.0. The van der Waals surface area contributed by atoms with Gasteiger partial charge in [-0.3, -0.25) is 0 Å². The highest BCUT2D eigenvalue weighted by atomic mass is 19.1. The van der Waals surface area contributed by atoms with E-state index >= 15 is 0 Å². The van der Waals surface area contributed by atoms with E-state index in [1.165, 1.54) is 43.5 Å². The van der Waals surface area contributed by atoms with Gasteiger partial charge in [0.2, 0.25) is 0 Å². The quantitative estimate of drug-likeness (QED) is 0.404. The van der Waals surface area contributed by atoms with Crippen molar-refractivity contribution in [2.75, 3.05) is 0 Å². The highest BCUT2D eigenvalue weighted by Gasteiger charge is 2.25. The number of halogens is 4. The Balaban J connectivity index is 1.63. The van der Waals surface area contributed by atoms with E-state index in [1.54, 1.807) is 0 Å². The molecule has 0 aliphatic heterocycles. The number of aromatic hydroxyl groups is 1. The minimum absolute atomic E-state index is 0.0000800. The van der Waals surface area contributed by atoms with Gasteiger partial charge in [-0.25, -0.2) is 17.6 Å². The van der Waals surface area contributed by atoms with Crippen LogP contribution in [0.4, 0.5) is 17.6 Å². The van der Waals surface area contributed by atoms with E-state index in [4.69, 9.17) is 0 Å². The topological polar surface area (TPSA) is 20.2 Å². The monoisotopic (exact) mass is 430 g/mol. The number of hydrogen-bond donors (Lipinski definition) is 1. The van der Waals surface area contributed by atoms with Crippen LogP contribution in [0.3, 0.4) is 0 Å². The molecule has 1 saturated carbocycles. The fourth-order valence-corrected chi connectivity index (χ4v) is 4.89. The Bertz CT molecular complexity index is 1080. The predicted molar refractivity (Wildman–Crippen MR) is 115 cm³/mol. The highest BCUT2D eigenvalue weighted by molar-refractivity contribution is 5.89. The number of benzene rings is 3. The summed E-state index contributed by atoms with van der Waals surface area (Å²) in [5, 5.41) is 9.19. The Morgan fingerprint density at radius 2 is 1.55 bits per heavy atom. The molecule has 0 atom stereocenters. The second-order valence-corrected chi connectivity index (χ2v) is 8.67. The summed E-state index contributed by atoms with van der Waals surface area (Å²) in [5.74, 6) is -3.42. The molecule has 1 fully saturated rings.